The first-order valence-electron chi connectivity index (χ1n) is 4.82. The van der Waals surface area contributed by atoms with Gasteiger partial charge in [0.1, 0.15) is 0 Å². The van der Waals surface area contributed by atoms with Crippen LogP contribution >= 0.6 is 23.2 Å². The van der Waals surface area contributed by atoms with Gasteiger partial charge in [-0.3, -0.25) is 0 Å². The van der Waals surface area contributed by atoms with Crippen molar-refractivity contribution in [2.75, 3.05) is 0 Å². The molecule has 0 bridgehead atoms. The zero-order valence-electron chi connectivity index (χ0n) is 8.74. The molecule has 84 valence electrons. The molecule has 0 radical (unpaired) electrons. The summed E-state index contributed by atoms with van der Waals surface area (Å²) in [5.41, 5.74) is 6.64. The molecule has 0 saturated heterocycles. The smallest absolute Gasteiger partial charge is 0.0756 e. The highest BCUT2D eigenvalue weighted by Gasteiger charge is 2.21. The number of aliphatic hydroxyl groups is 1. The lowest BCUT2D eigenvalue weighted by Crippen LogP contribution is -2.30. The Hall–Kier alpha value is -0.280. The molecule has 0 heterocycles. The molecule has 0 aliphatic heterocycles. The zero-order valence-corrected chi connectivity index (χ0v) is 10.3. The molecule has 0 aliphatic rings. The van der Waals surface area contributed by atoms with E-state index in [4.69, 9.17) is 28.9 Å². The van der Waals surface area contributed by atoms with Crippen LogP contribution in [0, 0.1) is 5.92 Å². The first-order valence-corrected chi connectivity index (χ1v) is 5.57. The summed E-state index contributed by atoms with van der Waals surface area (Å²) in [6.07, 6.45) is -0.608. The predicted molar refractivity (Wildman–Crippen MR) is 64.2 cm³/mol. The summed E-state index contributed by atoms with van der Waals surface area (Å²) in [5, 5.41) is 10.9. The Kier molecular flexibility index (Phi) is 4.41. The zero-order chi connectivity index (χ0) is 11.6. The van der Waals surface area contributed by atoms with E-state index in [1.54, 1.807) is 18.2 Å². The summed E-state index contributed by atoms with van der Waals surface area (Å²) in [6.45, 7) is 3.82. The van der Waals surface area contributed by atoms with Crippen LogP contribution in [0.25, 0.3) is 0 Å². The Labute approximate surface area is 100.0 Å². The summed E-state index contributed by atoms with van der Waals surface area (Å²) in [4.78, 5) is 0. The Morgan fingerprint density at radius 3 is 2.33 bits per heavy atom. The molecule has 0 unspecified atom stereocenters. The highest BCUT2D eigenvalue weighted by atomic mass is 35.5. The molecule has 0 aromatic heterocycles. The van der Waals surface area contributed by atoms with Crippen LogP contribution in [0.15, 0.2) is 18.2 Å². The standard InChI is InChI=1S/C11H15Cl2NO/c1-6(2)11(15)10(14)8-4-3-7(12)5-9(8)13/h3-6,10-11,15H,14H2,1-2H3/t10-,11+/m0/s1. The largest absolute Gasteiger partial charge is 0.391 e. The van der Waals surface area contributed by atoms with E-state index in [1.165, 1.54) is 0 Å². The van der Waals surface area contributed by atoms with Gasteiger partial charge in [-0.05, 0) is 23.6 Å². The molecule has 3 N–H and O–H groups in total. The normalized spacial score (nSPS) is 15.4. The van der Waals surface area contributed by atoms with Gasteiger partial charge in [0.05, 0.1) is 12.1 Å². The molecule has 0 amide bonds. The molecule has 0 fully saturated rings. The molecule has 2 atom stereocenters. The quantitative estimate of drug-likeness (QED) is 0.863. The Bertz CT molecular complexity index is 341. The minimum atomic E-state index is -0.608. The third-order valence-corrected chi connectivity index (χ3v) is 2.94. The Morgan fingerprint density at radius 2 is 1.87 bits per heavy atom. The van der Waals surface area contributed by atoms with E-state index in [1.807, 2.05) is 13.8 Å². The van der Waals surface area contributed by atoms with E-state index in [2.05, 4.69) is 0 Å². The van der Waals surface area contributed by atoms with Gasteiger partial charge in [-0.1, -0.05) is 43.1 Å². The van der Waals surface area contributed by atoms with Gasteiger partial charge in [-0.25, -0.2) is 0 Å². The second-order valence-electron chi connectivity index (χ2n) is 3.93. The van der Waals surface area contributed by atoms with E-state index in [0.29, 0.717) is 10.0 Å². The average Bonchev–Trinajstić information content (AvgIpc) is 2.15. The third-order valence-electron chi connectivity index (χ3n) is 2.37. The number of aliphatic hydroxyl groups excluding tert-OH is 1. The minimum Gasteiger partial charge on any atom is -0.391 e. The molecule has 0 saturated carbocycles. The van der Waals surface area contributed by atoms with Gasteiger partial charge in [-0.2, -0.15) is 0 Å². The summed E-state index contributed by atoms with van der Waals surface area (Å²) in [6, 6.07) is 4.62. The maximum absolute atomic E-state index is 9.83. The number of nitrogens with two attached hydrogens (primary N) is 1. The highest BCUT2D eigenvalue weighted by Crippen LogP contribution is 2.28. The second kappa shape index (κ2) is 5.17. The van der Waals surface area contributed by atoms with Gasteiger partial charge < -0.3 is 10.8 Å². The first-order chi connectivity index (χ1) is 6.93. The van der Waals surface area contributed by atoms with Gasteiger partial charge in [0, 0.05) is 10.0 Å². The Morgan fingerprint density at radius 1 is 1.27 bits per heavy atom. The van der Waals surface area contributed by atoms with E-state index in [0.717, 1.165) is 5.56 Å². The average molecular weight is 248 g/mol. The van der Waals surface area contributed by atoms with Gasteiger partial charge in [0.25, 0.3) is 0 Å². The van der Waals surface area contributed by atoms with Crippen LogP contribution < -0.4 is 5.73 Å². The van der Waals surface area contributed by atoms with E-state index in [-0.39, 0.29) is 5.92 Å². The van der Waals surface area contributed by atoms with Crippen molar-refractivity contribution >= 4 is 23.2 Å². The maximum atomic E-state index is 9.83. The summed E-state index contributed by atoms with van der Waals surface area (Å²) < 4.78 is 0. The number of benzene rings is 1. The molecule has 4 heteroatoms. The first kappa shape index (κ1) is 12.8. The van der Waals surface area contributed by atoms with Crippen LogP contribution in [0.4, 0.5) is 0 Å². The molecule has 1 aromatic rings. The van der Waals surface area contributed by atoms with Crippen molar-refractivity contribution in [3.63, 3.8) is 0 Å². The second-order valence-corrected chi connectivity index (χ2v) is 4.77. The fourth-order valence-corrected chi connectivity index (χ4v) is 1.90. The molecule has 1 aromatic carbocycles. The van der Waals surface area contributed by atoms with Crippen LogP contribution in [-0.4, -0.2) is 11.2 Å². The number of rotatable bonds is 3. The fraction of sp³-hybridized carbons (Fsp3) is 0.455. The van der Waals surface area contributed by atoms with Crippen LogP contribution in [0.2, 0.25) is 10.0 Å². The van der Waals surface area contributed by atoms with Crippen molar-refractivity contribution in [3.05, 3.63) is 33.8 Å². The van der Waals surface area contributed by atoms with E-state index >= 15 is 0 Å². The van der Waals surface area contributed by atoms with Crippen LogP contribution in [0.5, 0.6) is 0 Å². The van der Waals surface area contributed by atoms with Gasteiger partial charge >= 0.3 is 0 Å². The van der Waals surface area contributed by atoms with Gasteiger partial charge in [-0.15, -0.1) is 0 Å². The van der Waals surface area contributed by atoms with E-state index in [9.17, 15) is 5.11 Å². The molecule has 2 nitrogen and oxygen atoms in total. The molecule has 0 aliphatic carbocycles. The van der Waals surface area contributed by atoms with Crippen LogP contribution in [-0.2, 0) is 0 Å². The van der Waals surface area contributed by atoms with Gasteiger partial charge in [0.2, 0.25) is 0 Å². The fourth-order valence-electron chi connectivity index (χ4n) is 1.37. The highest BCUT2D eigenvalue weighted by molar-refractivity contribution is 6.35. The SMILES string of the molecule is CC(C)[C@@H](O)[C@@H](N)c1ccc(Cl)cc1Cl. The van der Waals surface area contributed by atoms with E-state index < -0.39 is 12.1 Å². The lowest BCUT2D eigenvalue weighted by atomic mass is 9.94. The molecular formula is C11H15Cl2NO. The monoisotopic (exact) mass is 247 g/mol. The maximum Gasteiger partial charge on any atom is 0.0756 e. The van der Waals surface area contributed by atoms with Crippen molar-refractivity contribution in [1.82, 2.24) is 0 Å². The van der Waals surface area contributed by atoms with Crippen molar-refractivity contribution in [3.8, 4) is 0 Å². The summed E-state index contributed by atoms with van der Waals surface area (Å²) in [5.74, 6) is 0.0896. The van der Waals surface area contributed by atoms with Crippen molar-refractivity contribution in [2.24, 2.45) is 11.7 Å². The topological polar surface area (TPSA) is 46.2 Å². The lowest BCUT2D eigenvalue weighted by Gasteiger charge is -2.23. The van der Waals surface area contributed by atoms with Gasteiger partial charge in [0.15, 0.2) is 0 Å². The number of hydrogen-bond donors (Lipinski definition) is 2. The van der Waals surface area contributed by atoms with Crippen LogP contribution in [0.1, 0.15) is 25.5 Å². The van der Waals surface area contributed by atoms with Crippen molar-refractivity contribution in [1.29, 1.82) is 0 Å². The molecule has 0 spiro atoms. The molecular weight excluding hydrogens is 233 g/mol. The summed E-state index contributed by atoms with van der Waals surface area (Å²) >= 11 is 11.8. The predicted octanol–water partition coefficient (Wildman–Crippen LogP) is 3.01. The van der Waals surface area contributed by atoms with Crippen molar-refractivity contribution < 1.29 is 5.11 Å². The lowest BCUT2D eigenvalue weighted by molar-refractivity contribution is 0.0980. The number of hydrogen-bond acceptors (Lipinski definition) is 2. The molecule has 1 rings (SSSR count). The summed E-state index contributed by atoms with van der Waals surface area (Å²) in [7, 11) is 0. The third kappa shape index (κ3) is 3.08. The number of halogens is 2. The van der Waals surface area contributed by atoms with Crippen molar-refractivity contribution in [2.45, 2.75) is 26.0 Å². The molecule has 15 heavy (non-hydrogen) atoms. The van der Waals surface area contributed by atoms with Crippen LogP contribution in [0.3, 0.4) is 0 Å². The minimum absolute atomic E-state index is 0.0896. The Balaban J connectivity index is 2.96.